The maximum atomic E-state index is 12.1. The number of likely N-dealkylation sites (N-methyl/N-ethyl adjacent to an activating group) is 1. The molecule has 1 amide bonds. The summed E-state index contributed by atoms with van der Waals surface area (Å²) in [6, 6.07) is 2.75. The van der Waals surface area contributed by atoms with Gasteiger partial charge in [0.15, 0.2) is 5.69 Å². The standard InChI is InChI=1S/C11H16ClN3O4/c1-13(6-8-19-7-5-12)11(16)9-3-4-10(14(9)2)15(17)18/h3-4H,5-8H2,1-2H3. The van der Waals surface area contributed by atoms with E-state index in [0.717, 1.165) is 0 Å². The van der Waals surface area contributed by atoms with E-state index in [2.05, 4.69) is 0 Å². The number of nitro groups is 1. The van der Waals surface area contributed by atoms with Crippen molar-refractivity contribution in [1.82, 2.24) is 9.47 Å². The third-order valence-corrected chi connectivity index (χ3v) is 2.79. The number of ether oxygens (including phenoxy) is 1. The molecule has 0 spiro atoms. The first-order chi connectivity index (χ1) is 8.99. The van der Waals surface area contributed by atoms with E-state index in [1.165, 1.54) is 28.6 Å². The van der Waals surface area contributed by atoms with Crippen LogP contribution in [0.5, 0.6) is 0 Å². The van der Waals surface area contributed by atoms with Gasteiger partial charge in [-0.05, 0) is 11.0 Å². The van der Waals surface area contributed by atoms with E-state index in [9.17, 15) is 14.9 Å². The number of amides is 1. The Morgan fingerprint density at radius 2 is 2.21 bits per heavy atom. The number of nitrogens with zero attached hydrogens (tertiary/aromatic N) is 3. The van der Waals surface area contributed by atoms with Gasteiger partial charge in [0.2, 0.25) is 0 Å². The van der Waals surface area contributed by atoms with Crippen LogP contribution < -0.4 is 0 Å². The second kappa shape index (κ2) is 7.10. The molecule has 0 atom stereocenters. The van der Waals surface area contributed by atoms with Gasteiger partial charge in [-0.2, -0.15) is 0 Å². The van der Waals surface area contributed by atoms with Gasteiger partial charge in [0.1, 0.15) is 0 Å². The van der Waals surface area contributed by atoms with Crippen LogP contribution in [0, 0.1) is 10.1 Å². The predicted molar refractivity (Wildman–Crippen MR) is 70.6 cm³/mol. The quantitative estimate of drug-likeness (QED) is 0.328. The van der Waals surface area contributed by atoms with Crippen LogP contribution in [0.25, 0.3) is 0 Å². The molecule has 0 bridgehead atoms. The fraction of sp³-hybridized carbons (Fsp3) is 0.545. The Balaban J connectivity index is 2.64. The summed E-state index contributed by atoms with van der Waals surface area (Å²) in [6.07, 6.45) is 0. The smallest absolute Gasteiger partial charge is 0.323 e. The van der Waals surface area contributed by atoms with Gasteiger partial charge in [-0.25, -0.2) is 4.57 Å². The van der Waals surface area contributed by atoms with Crippen LogP contribution in [-0.4, -0.2) is 53.0 Å². The molecular formula is C11H16ClN3O4. The second-order valence-corrected chi connectivity index (χ2v) is 4.30. The van der Waals surface area contributed by atoms with Crippen LogP contribution >= 0.6 is 11.6 Å². The SMILES string of the molecule is CN(CCOCCCl)C(=O)c1ccc([N+](=O)[O-])n1C. The van der Waals surface area contributed by atoms with E-state index in [4.69, 9.17) is 16.3 Å². The number of carbonyl (C=O) groups excluding carboxylic acids is 1. The fourth-order valence-corrected chi connectivity index (χ4v) is 1.66. The van der Waals surface area contributed by atoms with Crippen molar-refractivity contribution in [3.8, 4) is 0 Å². The second-order valence-electron chi connectivity index (χ2n) is 3.92. The monoisotopic (exact) mass is 289 g/mol. The van der Waals surface area contributed by atoms with Gasteiger partial charge in [-0.1, -0.05) is 0 Å². The molecule has 1 aromatic rings. The van der Waals surface area contributed by atoms with E-state index >= 15 is 0 Å². The minimum absolute atomic E-state index is 0.116. The zero-order valence-electron chi connectivity index (χ0n) is 10.8. The van der Waals surface area contributed by atoms with Gasteiger partial charge in [0, 0.05) is 25.5 Å². The van der Waals surface area contributed by atoms with Crippen LogP contribution in [0.2, 0.25) is 0 Å². The van der Waals surface area contributed by atoms with Gasteiger partial charge in [0.05, 0.1) is 20.3 Å². The summed E-state index contributed by atoms with van der Waals surface area (Å²) in [5.74, 6) is 0.00185. The van der Waals surface area contributed by atoms with Crippen LogP contribution in [0.4, 0.5) is 5.82 Å². The molecule has 0 unspecified atom stereocenters. The van der Waals surface area contributed by atoms with Crippen molar-refractivity contribution in [2.75, 3.05) is 32.7 Å². The minimum Gasteiger partial charge on any atom is -0.378 e. The number of hydrogen-bond donors (Lipinski definition) is 0. The van der Waals surface area contributed by atoms with Gasteiger partial charge in [-0.3, -0.25) is 4.79 Å². The van der Waals surface area contributed by atoms with Crippen molar-refractivity contribution in [1.29, 1.82) is 0 Å². The van der Waals surface area contributed by atoms with Crippen LogP contribution in [0.15, 0.2) is 12.1 Å². The molecule has 0 aromatic carbocycles. The normalized spacial score (nSPS) is 10.5. The maximum Gasteiger partial charge on any atom is 0.323 e. The average molecular weight is 290 g/mol. The Hall–Kier alpha value is -1.60. The highest BCUT2D eigenvalue weighted by Crippen LogP contribution is 2.16. The molecule has 0 radical (unpaired) electrons. The lowest BCUT2D eigenvalue weighted by atomic mass is 10.3. The van der Waals surface area contributed by atoms with Crippen molar-refractivity contribution in [3.63, 3.8) is 0 Å². The van der Waals surface area contributed by atoms with Crippen molar-refractivity contribution >= 4 is 23.3 Å². The molecule has 0 saturated carbocycles. The summed E-state index contributed by atoms with van der Waals surface area (Å²) in [5, 5.41) is 10.7. The van der Waals surface area contributed by atoms with E-state index in [1.807, 2.05) is 0 Å². The first-order valence-corrected chi connectivity index (χ1v) is 6.21. The highest BCUT2D eigenvalue weighted by Gasteiger charge is 2.22. The highest BCUT2D eigenvalue weighted by molar-refractivity contribution is 6.17. The zero-order valence-corrected chi connectivity index (χ0v) is 11.6. The molecule has 106 valence electrons. The molecule has 7 nitrogen and oxygen atoms in total. The summed E-state index contributed by atoms with van der Waals surface area (Å²) in [4.78, 5) is 23.7. The summed E-state index contributed by atoms with van der Waals surface area (Å²) in [6.45, 7) is 1.20. The van der Waals surface area contributed by atoms with Crippen LogP contribution in [-0.2, 0) is 11.8 Å². The molecule has 1 rings (SSSR count). The molecule has 0 aliphatic heterocycles. The van der Waals surface area contributed by atoms with Gasteiger partial charge in [-0.15, -0.1) is 11.6 Å². The van der Waals surface area contributed by atoms with Gasteiger partial charge in [0.25, 0.3) is 5.91 Å². The van der Waals surface area contributed by atoms with E-state index in [0.29, 0.717) is 25.6 Å². The third kappa shape index (κ3) is 3.93. The lowest BCUT2D eigenvalue weighted by molar-refractivity contribution is -0.391. The Kier molecular flexibility index (Phi) is 5.78. The Morgan fingerprint density at radius 1 is 1.53 bits per heavy atom. The van der Waals surface area contributed by atoms with Crippen LogP contribution in [0.3, 0.4) is 0 Å². The predicted octanol–water partition coefficient (Wildman–Crippen LogP) is 1.26. The highest BCUT2D eigenvalue weighted by atomic mass is 35.5. The Morgan fingerprint density at radius 3 is 2.74 bits per heavy atom. The largest absolute Gasteiger partial charge is 0.378 e. The average Bonchev–Trinajstić information content (AvgIpc) is 2.75. The summed E-state index contributed by atoms with van der Waals surface area (Å²) in [7, 11) is 3.11. The first kappa shape index (κ1) is 15.5. The fourth-order valence-electron chi connectivity index (χ4n) is 1.55. The summed E-state index contributed by atoms with van der Waals surface area (Å²) < 4.78 is 6.43. The van der Waals surface area contributed by atoms with Gasteiger partial charge < -0.3 is 19.8 Å². The van der Waals surface area contributed by atoms with Crippen molar-refractivity contribution in [3.05, 3.63) is 27.9 Å². The van der Waals surface area contributed by atoms with Crippen molar-refractivity contribution in [2.45, 2.75) is 0 Å². The zero-order chi connectivity index (χ0) is 14.4. The molecule has 1 heterocycles. The number of halogens is 1. The minimum atomic E-state index is -0.527. The van der Waals surface area contributed by atoms with Crippen molar-refractivity contribution in [2.24, 2.45) is 7.05 Å². The third-order valence-electron chi connectivity index (χ3n) is 2.64. The van der Waals surface area contributed by atoms with E-state index in [1.54, 1.807) is 7.05 Å². The molecular weight excluding hydrogens is 274 g/mol. The molecule has 0 aliphatic rings. The molecule has 0 fully saturated rings. The maximum absolute atomic E-state index is 12.1. The number of hydrogen-bond acceptors (Lipinski definition) is 4. The molecule has 0 saturated heterocycles. The van der Waals surface area contributed by atoms with Gasteiger partial charge >= 0.3 is 5.82 Å². The molecule has 19 heavy (non-hydrogen) atoms. The molecule has 1 aromatic heterocycles. The Labute approximate surface area is 115 Å². The number of carbonyl (C=O) groups is 1. The summed E-state index contributed by atoms with van der Waals surface area (Å²) >= 11 is 5.46. The van der Waals surface area contributed by atoms with Crippen LogP contribution in [0.1, 0.15) is 10.5 Å². The molecule has 8 heteroatoms. The lowest BCUT2D eigenvalue weighted by Gasteiger charge is -2.15. The molecule has 0 aliphatic carbocycles. The number of aromatic nitrogens is 1. The Bertz CT molecular complexity index is 461. The number of alkyl halides is 1. The topological polar surface area (TPSA) is 77.6 Å². The van der Waals surface area contributed by atoms with E-state index in [-0.39, 0.29) is 17.4 Å². The first-order valence-electron chi connectivity index (χ1n) is 5.68. The lowest BCUT2D eigenvalue weighted by Crippen LogP contribution is -2.31. The molecule has 0 N–H and O–H groups in total. The van der Waals surface area contributed by atoms with E-state index < -0.39 is 4.92 Å². The van der Waals surface area contributed by atoms with Crippen molar-refractivity contribution < 1.29 is 14.5 Å². The number of rotatable bonds is 7. The summed E-state index contributed by atoms with van der Waals surface area (Å²) in [5.41, 5.74) is 0.270.